The Hall–Kier alpha value is -3.96. The molecular weight excluding hydrogens is 422 g/mol. The summed E-state index contributed by atoms with van der Waals surface area (Å²) in [5.74, 6) is 0.979. The number of rotatable bonds is 8. The number of nitrogens with zero attached hydrogens (tertiary/aromatic N) is 1. The zero-order chi connectivity index (χ0) is 23.3. The average molecular weight is 450 g/mol. The van der Waals surface area contributed by atoms with Gasteiger partial charge in [0.25, 0.3) is 0 Å². The van der Waals surface area contributed by atoms with E-state index in [0.29, 0.717) is 23.4 Å². The molecule has 5 nitrogen and oxygen atoms in total. The minimum atomic E-state index is -0.503. The van der Waals surface area contributed by atoms with Crippen LogP contribution in [0.3, 0.4) is 0 Å². The van der Waals surface area contributed by atoms with E-state index in [4.69, 9.17) is 10.5 Å². The molecule has 0 saturated heterocycles. The number of fused-ring (bicyclic) bond motifs is 1. The minimum Gasteiger partial charge on any atom is -0.439 e. The lowest BCUT2D eigenvalue weighted by Gasteiger charge is -2.21. The summed E-state index contributed by atoms with van der Waals surface area (Å²) in [7, 11) is 0. The van der Waals surface area contributed by atoms with Gasteiger partial charge in [-0.3, -0.25) is 4.79 Å². The lowest BCUT2D eigenvalue weighted by molar-refractivity contribution is 0.1000. The van der Waals surface area contributed by atoms with Crippen molar-refractivity contribution in [3.63, 3.8) is 0 Å². The molecule has 170 valence electrons. The molecule has 3 aromatic carbocycles. The highest BCUT2D eigenvalue weighted by atomic mass is 16.5. The molecule has 0 aliphatic heterocycles. The van der Waals surface area contributed by atoms with Crippen molar-refractivity contribution in [3.8, 4) is 11.6 Å². The van der Waals surface area contributed by atoms with Crippen LogP contribution in [0.2, 0.25) is 0 Å². The van der Waals surface area contributed by atoms with Gasteiger partial charge in [-0.2, -0.15) is 0 Å². The van der Waals surface area contributed by atoms with Crippen molar-refractivity contribution >= 4 is 5.91 Å². The van der Waals surface area contributed by atoms with Gasteiger partial charge >= 0.3 is 0 Å². The van der Waals surface area contributed by atoms with Crippen molar-refractivity contribution < 1.29 is 9.53 Å². The highest BCUT2D eigenvalue weighted by Gasteiger charge is 2.23. The summed E-state index contributed by atoms with van der Waals surface area (Å²) < 4.78 is 5.90. The summed E-state index contributed by atoms with van der Waals surface area (Å²) in [6, 6.07) is 31.2. The molecule has 34 heavy (non-hydrogen) atoms. The minimum absolute atomic E-state index is 0.305. The number of ether oxygens (including phenoxy) is 1. The summed E-state index contributed by atoms with van der Waals surface area (Å²) in [6.45, 7) is 0.881. The van der Waals surface area contributed by atoms with Gasteiger partial charge in [-0.25, -0.2) is 4.98 Å². The first-order valence-electron chi connectivity index (χ1n) is 11.5. The fraction of sp³-hybridized carbons (Fsp3) is 0.172. The Morgan fingerprint density at radius 2 is 1.59 bits per heavy atom. The molecule has 0 radical (unpaired) electrons. The van der Waals surface area contributed by atoms with Crippen molar-refractivity contribution in [1.29, 1.82) is 0 Å². The van der Waals surface area contributed by atoms with E-state index in [0.717, 1.165) is 25.1 Å². The first kappa shape index (κ1) is 21.9. The fourth-order valence-electron chi connectivity index (χ4n) is 4.59. The first-order chi connectivity index (χ1) is 16.7. The van der Waals surface area contributed by atoms with E-state index in [1.54, 1.807) is 12.1 Å². The quantitative estimate of drug-likeness (QED) is 0.403. The molecule has 1 aliphatic carbocycles. The van der Waals surface area contributed by atoms with Gasteiger partial charge in [-0.1, -0.05) is 66.7 Å². The van der Waals surface area contributed by atoms with Crippen molar-refractivity contribution in [2.24, 2.45) is 5.73 Å². The molecule has 0 saturated carbocycles. The molecule has 1 amide bonds. The van der Waals surface area contributed by atoms with Crippen molar-refractivity contribution in [3.05, 3.63) is 125 Å². The van der Waals surface area contributed by atoms with Crippen LogP contribution in [-0.4, -0.2) is 23.5 Å². The molecule has 1 aliphatic rings. The molecule has 3 N–H and O–H groups in total. The zero-order valence-electron chi connectivity index (χ0n) is 18.9. The summed E-state index contributed by atoms with van der Waals surface area (Å²) in [6.07, 6.45) is 3.38. The van der Waals surface area contributed by atoms with E-state index >= 15 is 0 Å². The largest absolute Gasteiger partial charge is 0.439 e. The highest BCUT2D eigenvalue weighted by molar-refractivity contribution is 5.92. The third-order valence-electron chi connectivity index (χ3n) is 6.37. The average Bonchev–Trinajstić information content (AvgIpc) is 3.28. The SMILES string of the molecule is NC(=O)c1ccc(Oc2ccc3c(c2)CC(NCC(c2ccccc2)c2ccccc2)C3)nc1. The Kier molecular flexibility index (Phi) is 6.36. The lowest BCUT2D eigenvalue weighted by atomic mass is 9.91. The van der Waals surface area contributed by atoms with Crippen molar-refractivity contribution in [2.75, 3.05) is 6.54 Å². The first-order valence-corrected chi connectivity index (χ1v) is 11.5. The van der Waals surface area contributed by atoms with Gasteiger partial charge < -0.3 is 15.8 Å². The molecule has 5 rings (SSSR count). The van der Waals surface area contributed by atoms with E-state index < -0.39 is 5.91 Å². The Balaban J connectivity index is 1.24. The molecular formula is C29H27N3O2. The summed E-state index contributed by atoms with van der Waals surface area (Å²) in [4.78, 5) is 15.4. The van der Waals surface area contributed by atoms with Crippen LogP contribution in [0.25, 0.3) is 0 Å². The summed E-state index contributed by atoms with van der Waals surface area (Å²) >= 11 is 0. The molecule has 0 spiro atoms. The number of amides is 1. The maximum atomic E-state index is 11.2. The molecule has 0 bridgehead atoms. The number of carbonyl (C=O) groups is 1. The van der Waals surface area contributed by atoms with Crippen molar-refractivity contribution in [1.82, 2.24) is 10.3 Å². The summed E-state index contributed by atoms with van der Waals surface area (Å²) in [5, 5.41) is 3.81. The normalized spacial score (nSPS) is 14.7. The van der Waals surface area contributed by atoms with Crippen LogP contribution in [0, 0.1) is 0 Å². The number of carbonyl (C=O) groups excluding carboxylic acids is 1. The Morgan fingerprint density at radius 3 is 2.21 bits per heavy atom. The summed E-state index contributed by atoms with van der Waals surface area (Å²) in [5.41, 5.74) is 10.9. The zero-order valence-corrected chi connectivity index (χ0v) is 18.9. The second kappa shape index (κ2) is 9.89. The van der Waals surface area contributed by atoms with Gasteiger partial charge in [0.05, 0.1) is 5.56 Å². The molecule has 5 heteroatoms. The van der Waals surface area contributed by atoms with Crippen LogP contribution < -0.4 is 15.8 Å². The van der Waals surface area contributed by atoms with Crippen LogP contribution >= 0.6 is 0 Å². The van der Waals surface area contributed by atoms with Gasteiger partial charge in [0.2, 0.25) is 11.8 Å². The number of hydrogen-bond donors (Lipinski definition) is 2. The topological polar surface area (TPSA) is 77.2 Å². The molecule has 1 aromatic heterocycles. The van der Waals surface area contributed by atoms with Crippen LogP contribution in [-0.2, 0) is 12.8 Å². The van der Waals surface area contributed by atoms with Crippen LogP contribution in [0.15, 0.2) is 97.2 Å². The van der Waals surface area contributed by atoms with Gasteiger partial charge in [0.15, 0.2) is 0 Å². The van der Waals surface area contributed by atoms with Gasteiger partial charge in [0, 0.05) is 30.8 Å². The Morgan fingerprint density at radius 1 is 0.912 bits per heavy atom. The number of hydrogen-bond acceptors (Lipinski definition) is 4. The molecule has 4 aromatic rings. The molecule has 1 atom stereocenters. The van der Waals surface area contributed by atoms with E-state index in [1.807, 2.05) is 6.07 Å². The maximum absolute atomic E-state index is 11.2. The van der Waals surface area contributed by atoms with E-state index in [-0.39, 0.29) is 0 Å². The van der Waals surface area contributed by atoms with Crippen LogP contribution in [0.4, 0.5) is 0 Å². The van der Waals surface area contributed by atoms with Crippen LogP contribution in [0.1, 0.15) is 38.5 Å². The van der Waals surface area contributed by atoms with Crippen LogP contribution in [0.5, 0.6) is 11.6 Å². The number of nitrogens with one attached hydrogen (secondary N) is 1. The monoisotopic (exact) mass is 449 g/mol. The number of aromatic nitrogens is 1. The predicted octanol–water partition coefficient (Wildman–Crippen LogP) is 4.86. The van der Waals surface area contributed by atoms with Gasteiger partial charge in [-0.15, -0.1) is 0 Å². The molecule has 0 fully saturated rings. The van der Waals surface area contributed by atoms with Gasteiger partial charge in [0.1, 0.15) is 5.75 Å². The number of pyridine rings is 1. The second-order valence-corrected chi connectivity index (χ2v) is 8.67. The van der Waals surface area contributed by atoms with Gasteiger partial charge in [-0.05, 0) is 53.3 Å². The maximum Gasteiger partial charge on any atom is 0.250 e. The molecule has 1 heterocycles. The lowest BCUT2D eigenvalue weighted by Crippen LogP contribution is -2.33. The standard InChI is InChI=1S/C29H27N3O2/c30-29(33)23-12-14-28(32-18-23)34-26-13-11-22-15-25(16-24(22)17-26)31-19-27(20-7-3-1-4-8-20)21-9-5-2-6-10-21/h1-14,17-18,25,27,31H,15-16,19H2,(H2,30,33). The third kappa shape index (κ3) is 5.00. The number of primary amides is 1. The number of benzene rings is 3. The molecule has 1 unspecified atom stereocenters. The fourth-order valence-corrected chi connectivity index (χ4v) is 4.59. The Labute approximate surface area is 199 Å². The van der Waals surface area contributed by atoms with Crippen molar-refractivity contribution in [2.45, 2.75) is 24.8 Å². The van der Waals surface area contributed by atoms with E-state index in [1.165, 1.54) is 28.5 Å². The third-order valence-corrected chi connectivity index (χ3v) is 6.37. The smallest absolute Gasteiger partial charge is 0.250 e. The van der Waals surface area contributed by atoms with E-state index in [9.17, 15) is 4.79 Å². The predicted molar refractivity (Wildman–Crippen MR) is 133 cm³/mol. The Bertz CT molecular complexity index is 1220. The highest BCUT2D eigenvalue weighted by Crippen LogP contribution is 2.30. The second-order valence-electron chi connectivity index (χ2n) is 8.67. The number of nitrogens with two attached hydrogens (primary N) is 1. The van der Waals surface area contributed by atoms with E-state index in [2.05, 4.69) is 83.1 Å².